The molecule has 5 rings (SSSR count). The van der Waals surface area contributed by atoms with Crippen molar-refractivity contribution < 1.29 is 9.53 Å². The number of pyridine rings is 1. The van der Waals surface area contributed by atoms with Crippen LogP contribution in [0.4, 0.5) is 5.69 Å². The Kier molecular flexibility index (Phi) is 5.76. The van der Waals surface area contributed by atoms with Crippen LogP contribution in [0.3, 0.4) is 0 Å². The number of nitrogens with two attached hydrogens (primary N) is 2. The van der Waals surface area contributed by atoms with Crippen LogP contribution in [0, 0.1) is 6.92 Å². The number of anilines is 1. The zero-order chi connectivity index (χ0) is 23.3. The summed E-state index contributed by atoms with van der Waals surface area (Å²) in [5.41, 5.74) is 15.4. The summed E-state index contributed by atoms with van der Waals surface area (Å²) >= 11 is 1.33. The zero-order valence-electron chi connectivity index (χ0n) is 19.3. The fourth-order valence-corrected chi connectivity index (χ4v) is 6.19. The number of piperazine rings is 1. The van der Waals surface area contributed by atoms with E-state index >= 15 is 0 Å². The van der Waals surface area contributed by atoms with E-state index in [2.05, 4.69) is 52.6 Å². The van der Waals surface area contributed by atoms with Gasteiger partial charge in [-0.3, -0.25) is 4.79 Å². The highest BCUT2D eigenvalue weighted by atomic mass is 32.2. The fraction of sp³-hybridized carbons (Fsp3) is 0.500. The molecule has 33 heavy (non-hydrogen) atoms. The van der Waals surface area contributed by atoms with E-state index in [1.54, 1.807) is 0 Å². The molecule has 4 atom stereocenters. The number of hydrogen-bond acceptors (Lipinski definition) is 8. The van der Waals surface area contributed by atoms with Crippen LogP contribution < -0.4 is 31.7 Å². The molecule has 0 bridgehead atoms. The first-order valence-electron chi connectivity index (χ1n) is 11.5. The van der Waals surface area contributed by atoms with Crippen LogP contribution in [-0.2, 0) is 16.9 Å². The van der Waals surface area contributed by atoms with Gasteiger partial charge in [0.1, 0.15) is 28.3 Å². The molecule has 0 radical (unpaired) electrons. The van der Waals surface area contributed by atoms with Crippen molar-refractivity contribution in [1.82, 2.24) is 15.6 Å². The smallest absolute Gasteiger partial charge is 0.237 e. The molecule has 1 fully saturated rings. The van der Waals surface area contributed by atoms with Crippen LogP contribution >= 0.6 is 11.8 Å². The van der Waals surface area contributed by atoms with Crippen molar-refractivity contribution in [3.63, 3.8) is 0 Å². The molecular weight excluding hydrogens is 436 g/mol. The number of rotatable bonds is 3. The predicted molar refractivity (Wildman–Crippen MR) is 131 cm³/mol. The number of nitrogens with zero attached hydrogens (tertiary/aromatic N) is 2. The summed E-state index contributed by atoms with van der Waals surface area (Å²) in [4.78, 5) is 20.1. The molecule has 1 aromatic heterocycles. The second-order valence-corrected chi connectivity index (χ2v) is 10.5. The first-order valence-corrected chi connectivity index (χ1v) is 12.4. The van der Waals surface area contributed by atoms with Gasteiger partial charge < -0.3 is 31.7 Å². The van der Waals surface area contributed by atoms with Crippen LogP contribution in [-0.4, -0.2) is 54.0 Å². The first-order chi connectivity index (χ1) is 15.7. The van der Waals surface area contributed by atoms with Gasteiger partial charge in [-0.05, 0) is 44.9 Å². The molecule has 1 aromatic carbocycles. The number of aromatic nitrogens is 1. The Bertz CT molecular complexity index is 1080. The molecular formula is C24H32N6O2S. The van der Waals surface area contributed by atoms with Gasteiger partial charge in [0, 0.05) is 48.2 Å². The molecule has 1 saturated heterocycles. The number of thioether (sulfide) groups is 1. The van der Waals surface area contributed by atoms with Crippen molar-refractivity contribution in [2.75, 3.05) is 24.6 Å². The summed E-state index contributed by atoms with van der Waals surface area (Å²) in [6.07, 6.45) is 0.707. The van der Waals surface area contributed by atoms with Crippen molar-refractivity contribution in [2.45, 2.75) is 61.3 Å². The average Bonchev–Trinajstić information content (AvgIpc) is 3.05. The van der Waals surface area contributed by atoms with E-state index in [0.29, 0.717) is 30.7 Å². The number of carbonyl (C=O) groups excluding carboxylic acids is 1. The number of nitrogens with one attached hydrogen (secondary N) is 2. The first kappa shape index (κ1) is 22.5. The van der Waals surface area contributed by atoms with Crippen molar-refractivity contribution in [1.29, 1.82) is 0 Å². The van der Waals surface area contributed by atoms with Gasteiger partial charge in [-0.1, -0.05) is 23.9 Å². The Labute approximate surface area is 198 Å². The highest BCUT2D eigenvalue weighted by Crippen LogP contribution is 2.43. The van der Waals surface area contributed by atoms with E-state index in [1.165, 1.54) is 17.4 Å². The maximum Gasteiger partial charge on any atom is 0.237 e. The number of hydrogen-bond donors (Lipinski definition) is 4. The topological polar surface area (TPSA) is 119 Å². The molecule has 8 nitrogen and oxygen atoms in total. The summed E-state index contributed by atoms with van der Waals surface area (Å²) in [6, 6.07) is 10.9. The lowest BCUT2D eigenvalue weighted by Gasteiger charge is -2.40. The lowest BCUT2D eigenvalue weighted by atomic mass is 9.97. The SMILES string of the molecule is Cc1ccc2c(n1)SC(C(=O)N[C@H]1COc3cc(N4CCN[C@H](C)[C@@H]4C)ccc3C1)C2(N)N. The van der Waals surface area contributed by atoms with E-state index in [1.807, 2.05) is 19.1 Å². The van der Waals surface area contributed by atoms with Gasteiger partial charge in [-0.15, -0.1) is 0 Å². The molecule has 1 unspecified atom stereocenters. The fourth-order valence-electron chi connectivity index (χ4n) is 4.90. The second-order valence-electron chi connectivity index (χ2n) is 9.43. The monoisotopic (exact) mass is 468 g/mol. The van der Waals surface area contributed by atoms with Gasteiger partial charge in [0.15, 0.2) is 0 Å². The van der Waals surface area contributed by atoms with Gasteiger partial charge in [-0.2, -0.15) is 0 Å². The highest BCUT2D eigenvalue weighted by molar-refractivity contribution is 8.01. The minimum Gasteiger partial charge on any atom is -0.491 e. The molecule has 4 heterocycles. The predicted octanol–water partition coefficient (Wildman–Crippen LogP) is 1.24. The summed E-state index contributed by atoms with van der Waals surface area (Å²) < 4.78 is 6.08. The van der Waals surface area contributed by atoms with E-state index in [0.717, 1.165) is 35.1 Å². The third kappa shape index (κ3) is 4.07. The number of aryl methyl sites for hydroxylation is 1. The quantitative estimate of drug-likeness (QED) is 0.497. The number of fused-ring (bicyclic) bond motifs is 2. The van der Waals surface area contributed by atoms with Crippen LogP contribution in [0.15, 0.2) is 35.4 Å². The Morgan fingerprint density at radius 1 is 1.30 bits per heavy atom. The van der Waals surface area contributed by atoms with E-state index in [-0.39, 0.29) is 11.9 Å². The number of amides is 1. The standard InChI is InChI=1S/C24H32N6O2S/c1-13-4-7-19-23(28-13)33-21(24(19,25)26)22(31)29-17-10-16-5-6-18(11-20(16)32-12-17)30-9-8-27-14(2)15(30)3/h4-7,11,14-15,17,21,27H,8-10,12,25-26H2,1-3H3,(H,29,31)/t14-,15+,17-,21?/m1/s1. The maximum atomic E-state index is 13.1. The lowest BCUT2D eigenvalue weighted by molar-refractivity contribution is -0.122. The summed E-state index contributed by atoms with van der Waals surface area (Å²) in [6.45, 7) is 8.73. The number of benzene rings is 1. The molecule has 0 aliphatic carbocycles. The second kappa shape index (κ2) is 8.47. The van der Waals surface area contributed by atoms with Crippen molar-refractivity contribution in [3.05, 3.63) is 47.2 Å². The van der Waals surface area contributed by atoms with Crippen molar-refractivity contribution in [3.8, 4) is 5.75 Å². The minimum absolute atomic E-state index is 0.135. The third-order valence-electron chi connectivity index (χ3n) is 7.04. The Morgan fingerprint density at radius 3 is 2.94 bits per heavy atom. The number of ether oxygens (including phenoxy) is 1. The van der Waals surface area contributed by atoms with Gasteiger partial charge in [0.2, 0.25) is 5.91 Å². The summed E-state index contributed by atoms with van der Waals surface area (Å²) in [7, 11) is 0. The van der Waals surface area contributed by atoms with Crippen LogP contribution in [0.25, 0.3) is 0 Å². The molecule has 3 aliphatic rings. The van der Waals surface area contributed by atoms with Gasteiger partial charge in [-0.25, -0.2) is 4.98 Å². The number of carbonyl (C=O) groups is 1. The molecule has 6 N–H and O–H groups in total. The normalized spacial score (nSPS) is 28.0. The summed E-state index contributed by atoms with van der Waals surface area (Å²) in [5.74, 6) is 0.712. The zero-order valence-corrected chi connectivity index (χ0v) is 20.1. The van der Waals surface area contributed by atoms with Gasteiger partial charge in [0.25, 0.3) is 0 Å². The Balaban J connectivity index is 1.26. The Morgan fingerprint density at radius 2 is 2.12 bits per heavy atom. The minimum atomic E-state index is -1.26. The largest absolute Gasteiger partial charge is 0.491 e. The van der Waals surface area contributed by atoms with E-state index in [9.17, 15) is 4.79 Å². The molecule has 1 amide bonds. The summed E-state index contributed by atoms with van der Waals surface area (Å²) in [5, 5.41) is 6.72. The van der Waals surface area contributed by atoms with Crippen molar-refractivity contribution in [2.24, 2.45) is 11.5 Å². The molecule has 9 heteroatoms. The van der Waals surface area contributed by atoms with Crippen LogP contribution in [0.5, 0.6) is 5.75 Å². The van der Waals surface area contributed by atoms with Gasteiger partial charge >= 0.3 is 0 Å². The van der Waals surface area contributed by atoms with Gasteiger partial charge in [0.05, 0.1) is 6.04 Å². The average molecular weight is 469 g/mol. The van der Waals surface area contributed by atoms with Crippen molar-refractivity contribution >= 4 is 23.4 Å². The van der Waals surface area contributed by atoms with Crippen LogP contribution in [0.1, 0.15) is 30.7 Å². The lowest BCUT2D eigenvalue weighted by Crippen LogP contribution is -2.59. The molecule has 176 valence electrons. The molecule has 2 aromatic rings. The van der Waals surface area contributed by atoms with Crippen LogP contribution in [0.2, 0.25) is 0 Å². The van der Waals surface area contributed by atoms with E-state index < -0.39 is 10.9 Å². The Hall–Kier alpha value is -2.33. The molecule has 0 spiro atoms. The van der Waals surface area contributed by atoms with E-state index in [4.69, 9.17) is 16.2 Å². The third-order valence-corrected chi connectivity index (χ3v) is 8.41. The molecule has 3 aliphatic heterocycles. The maximum absolute atomic E-state index is 13.1. The highest BCUT2D eigenvalue weighted by Gasteiger charge is 2.47. The molecule has 0 saturated carbocycles.